The van der Waals surface area contributed by atoms with E-state index in [1.54, 1.807) is 13.0 Å². The summed E-state index contributed by atoms with van der Waals surface area (Å²) in [6, 6.07) is 2.94. The van der Waals surface area contributed by atoms with Crippen LogP contribution in [-0.2, 0) is 32.6 Å². The average molecular weight is 461 g/mol. The van der Waals surface area contributed by atoms with Gasteiger partial charge in [-0.2, -0.15) is 0 Å². The van der Waals surface area contributed by atoms with Crippen LogP contribution in [-0.4, -0.2) is 42.4 Å². The first-order chi connectivity index (χ1) is 14.9. The van der Waals surface area contributed by atoms with Gasteiger partial charge in [0.15, 0.2) is 11.6 Å². The van der Waals surface area contributed by atoms with Crippen LogP contribution in [0.4, 0.5) is 0 Å². The molecule has 0 aromatic heterocycles. The van der Waals surface area contributed by atoms with Crippen molar-refractivity contribution < 1.29 is 33.0 Å². The van der Waals surface area contributed by atoms with E-state index < -0.39 is 39.0 Å². The van der Waals surface area contributed by atoms with Gasteiger partial charge in [0, 0.05) is 24.5 Å². The third-order valence-corrected chi connectivity index (χ3v) is 7.38. The van der Waals surface area contributed by atoms with Gasteiger partial charge in [-0.1, -0.05) is 11.6 Å². The molecule has 0 bridgehead atoms. The van der Waals surface area contributed by atoms with Crippen molar-refractivity contribution in [3.63, 3.8) is 0 Å². The van der Waals surface area contributed by atoms with Gasteiger partial charge in [0.25, 0.3) is 5.91 Å². The molecule has 0 saturated carbocycles. The highest BCUT2D eigenvalue weighted by atomic mass is 32.2. The van der Waals surface area contributed by atoms with Crippen LogP contribution in [0.15, 0.2) is 34.6 Å². The number of aromatic hydroxyl groups is 1. The van der Waals surface area contributed by atoms with Gasteiger partial charge in [0.2, 0.25) is 10.0 Å². The second-order valence-corrected chi connectivity index (χ2v) is 10.6. The molecule has 170 valence electrons. The minimum absolute atomic E-state index is 0.0183. The summed E-state index contributed by atoms with van der Waals surface area (Å²) in [5.74, 6) is -3.79. The van der Waals surface area contributed by atoms with Crippen LogP contribution in [0.3, 0.4) is 0 Å². The quantitative estimate of drug-likeness (QED) is 0.487. The van der Waals surface area contributed by atoms with E-state index >= 15 is 0 Å². The number of nitrogens with one attached hydrogen (secondary N) is 1. The van der Waals surface area contributed by atoms with Gasteiger partial charge < -0.3 is 15.9 Å². The fourth-order valence-electron chi connectivity index (χ4n) is 5.46. The van der Waals surface area contributed by atoms with Crippen LogP contribution in [0, 0.1) is 17.8 Å². The van der Waals surface area contributed by atoms with E-state index in [-0.39, 0.29) is 41.9 Å². The van der Waals surface area contributed by atoms with Crippen molar-refractivity contribution in [1.29, 1.82) is 0 Å². The number of allylic oxidation sites excluding steroid dienone is 3. The van der Waals surface area contributed by atoms with E-state index in [0.29, 0.717) is 35.1 Å². The van der Waals surface area contributed by atoms with Gasteiger partial charge in [0.05, 0.1) is 11.8 Å². The molecule has 1 aromatic carbocycles. The van der Waals surface area contributed by atoms with E-state index in [1.807, 2.05) is 0 Å². The van der Waals surface area contributed by atoms with E-state index in [9.17, 15) is 33.0 Å². The fourth-order valence-corrected chi connectivity index (χ4v) is 5.87. The topological polar surface area (TPSA) is 164 Å². The number of primary amides is 1. The summed E-state index contributed by atoms with van der Waals surface area (Å²) in [7, 11) is -3.46. The number of aliphatic hydroxyl groups excluding tert-OH is 1. The summed E-state index contributed by atoms with van der Waals surface area (Å²) in [5.41, 5.74) is 7.11. The van der Waals surface area contributed by atoms with E-state index in [2.05, 4.69) is 4.72 Å². The molecule has 0 heterocycles. The highest BCUT2D eigenvalue weighted by molar-refractivity contribution is 7.88. The molecule has 1 unspecified atom stereocenters. The smallest absolute Gasteiger partial charge is 0.255 e. The Labute approximate surface area is 185 Å². The number of hydrogen-bond donors (Lipinski definition) is 4. The van der Waals surface area contributed by atoms with Crippen molar-refractivity contribution >= 4 is 27.5 Å². The molecule has 0 aliphatic heterocycles. The third-order valence-electron chi connectivity index (χ3n) is 6.71. The van der Waals surface area contributed by atoms with Crippen molar-refractivity contribution in [2.45, 2.75) is 32.7 Å². The molecule has 1 aromatic rings. The summed E-state index contributed by atoms with van der Waals surface area (Å²) in [6.07, 6.45) is 1.96. The van der Waals surface area contributed by atoms with Crippen molar-refractivity contribution in [3.8, 4) is 5.75 Å². The number of hydrogen-bond acceptors (Lipinski definition) is 7. The van der Waals surface area contributed by atoms with Gasteiger partial charge in [-0.15, -0.1) is 0 Å². The highest BCUT2D eigenvalue weighted by Gasteiger charge is 2.48. The molecule has 3 aliphatic rings. The zero-order valence-corrected chi connectivity index (χ0v) is 18.5. The number of phenols is 1. The van der Waals surface area contributed by atoms with Crippen LogP contribution in [0.25, 0.3) is 0 Å². The van der Waals surface area contributed by atoms with Gasteiger partial charge in [-0.05, 0) is 48.8 Å². The largest absolute Gasteiger partial charge is 0.511 e. The number of amides is 1. The number of sulfonamides is 1. The molecular weight excluding hydrogens is 436 g/mol. The fraction of sp³-hybridized carbons (Fsp3) is 0.409. The summed E-state index contributed by atoms with van der Waals surface area (Å²) >= 11 is 0. The number of ketones is 2. The lowest BCUT2D eigenvalue weighted by molar-refractivity contribution is -0.125. The summed E-state index contributed by atoms with van der Waals surface area (Å²) in [6.45, 7) is 1.66. The number of carbonyl (C=O) groups is 3. The molecule has 0 saturated heterocycles. The molecule has 10 heteroatoms. The van der Waals surface area contributed by atoms with Crippen LogP contribution in [0.1, 0.15) is 41.3 Å². The third kappa shape index (κ3) is 3.53. The Bertz CT molecular complexity index is 1240. The summed E-state index contributed by atoms with van der Waals surface area (Å²) in [5, 5.41) is 20.7. The van der Waals surface area contributed by atoms with Crippen LogP contribution in [0.2, 0.25) is 0 Å². The lowest BCUT2D eigenvalue weighted by Crippen LogP contribution is -2.43. The van der Waals surface area contributed by atoms with E-state index in [1.165, 1.54) is 6.07 Å². The monoisotopic (exact) mass is 460 g/mol. The van der Waals surface area contributed by atoms with Gasteiger partial charge in [-0.25, -0.2) is 13.1 Å². The SMILES string of the molecule is CC1=C2C(=O)c3c(O)ccc(CNS(C)(=O)=O)c3C[C@H]2C[C@H]2CC(O)=C(C(N)=O)C(=O)C12. The molecule has 0 radical (unpaired) electrons. The molecule has 9 nitrogen and oxygen atoms in total. The molecule has 4 rings (SSSR count). The second kappa shape index (κ2) is 7.56. The van der Waals surface area contributed by atoms with Crippen LogP contribution >= 0.6 is 0 Å². The van der Waals surface area contributed by atoms with Crippen LogP contribution in [0.5, 0.6) is 5.75 Å². The van der Waals surface area contributed by atoms with Crippen molar-refractivity contribution in [2.75, 3.05) is 6.26 Å². The molecule has 3 aliphatic carbocycles. The lowest BCUT2D eigenvalue weighted by Gasteiger charge is -2.42. The van der Waals surface area contributed by atoms with Gasteiger partial charge in [0.1, 0.15) is 17.1 Å². The lowest BCUT2D eigenvalue weighted by atomic mass is 9.60. The first-order valence-corrected chi connectivity index (χ1v) is 12.1. The standard InChI is InChI=1S/C22H24N2O7S/c1-9-16-11(5-12-7-15(26)19(22(23)29)21(28)17(9)12)6-13-10(8-24-32(2,30)31)3-4-14(25)18(13)20(16)27/h3-4,11-12,17,24-26H,5-8H2,1-2H3,(H2,23,29)/t11-,12+,17?/m1/s1. The predicted molar refractivity (Wildman–Crippen MR) is 114 cm³/mol. The Morgan fingerprint density at radius 1 is 1.22 bits per heavy atom. The Morgan fingerprint density at radius 2 is 1.91 bits per heavy atom. The first-order valence-electron chi connectivity index (χ1n) is 10.2. The molecule has 0 fully saturated rings. The maximum atomic E-state index is 13.5. The van der Waals surface area contributed by atoms with Crippen molar-refractivity contribution in [2.24, 2.45) is 23.5 Å². The van der Waals surface area contributed by atoms with Gasteiger partial charge in [-0.3, -0.25) is 14.4 Å². The van der Waals surface area contributed by atoms with Crippen molar-refractivity contribution in [1.82, 2.24) is 4.72 Å². The number of nitrogens with two attached hydrogens (primary N) is 1. The Morgan fingerprint density at radius 3 is 2.53 bits per heavy atom. The number of benzene rings is 1. The number of Topliss-reactive ketones (excluding diaryl/α,β-unsaturated/α-hetero) is 2. The Balaban J connectivity index is 1.80. The van der Waals surface area contributed by atoms with Gasteiger partial charge >= 0.3 is 0 Å². The molecule has 3 atom stereocenters. The number of fused-ring (bicyclic) bond motifs is 3. The summed E-state index contributed by atoms with van der Waals surface area (Å²) < 4.78 is 25.5. The number of phenolic OH excluding ortho intramolecular Hbond substituents is 1. The predicted octanol–water partition coefficient (Wildman–Crippen LogP) is 1.02. The molecule has 1 amide bonds. The second-order valence-electron chi connectivity index (χ2n) is 8.75. The highest BCUT2D eigenvalue weighted by Crippen LogP contribution is 2.50. The molecule has 0 spiro atoms. The Hall–Kier alpha value is -2.98. The zero-order chi connectivity index (χ0) is 23.5. The summed E-state index contributed by atoms with van der Waals surface area (Å²) in [4.78, 5) is 38.1. The first kappa shape index (κ1) is 22.2. The molecule has 5 N–H and O–H groups in total. The minimum atomic E-state index is -3.46. The zero-order valence-electron chi connectivity index (χ0n) is 17.6. The molecule has 32 heavy (non-hydrogen) atoms. The maximum Gasteiger partial charge on any atom is 0.255 e. The minimum Gasteiger partial charge on any atom is -0.511 e. The normalized spacial score (nSPS) is 25.4. The number of rotatable bonds is 4. The molecular formula is C22H24N2O7S. The van der Waals surface area contributed by atoms with E-state index in [4.69, 9.17) is 5.73 Å². The van der Waals surface area contributed by atoms with Crippen LogP contribution < -0.4 is 10.5 Å². The maximum absolute atomic E-state index is 13.5. The average Bonchev–Trinajstić information content (AvgIpc) is 2.65. The number of carbonyl (C=O) groups excluding carboxylic acids is 3. The van der Waals surface area contributed by atoms with Crippen molar-refractivity contribution in [3.05, 3.63) is 51.3 Å². The Kier molecular flexibility index (Phi) is 5.25. The van der Waals surface area contributed by atoms with E-state index in [0.717, 1.165) is 6.26 Å². The number of aliphatic hydroxyl groups is 1.